The van der Waals surface area contributed by atoms with Crippen LogP contribution in [0.15, 0.2) is 47.6 Å². The minimum Gasteiger partial charge on any atom is -0.493 e. The molecule has 104 valence electrons. The highest BCUT2D eigenvalue weighted by molar-refractivity contribution is 5.97. The summed E-state index contributed by atoms with van der Waals surface area (Å²) < 4.78 is 6.25. The van der Waals surface area contributed by atoms with Crippen LogP contribution in [0.5, 0.6) is 5.75 Å². The summed E-state index contributed by atoms with van der Waals surface area (Å²) in [5, 5.41) is 9.56. The van der Waals surface area contributed by atoms with E-state index in [4.69, 9.17) is 4.74 Å². The number of benzene rings is 1. The van der Waals surface area contributed by atoms with Gasteiger partial charge in [0.2, 0.25) is 0 Å². The van der Waals surface area contributed by atoms with Gasteiger partial charge in [-0.1, -0.05) is 12.1 Å². The van der Waals surface area contributed by atoms with E-state index in [0.29, 0.717) is 17.9 Å². The second kappa shape index (κ2) is 6.06. The van der Waals surface area contributed by atoms with Gasteiger partial charge in [0.05, 0.1) is 12.2 Å². The Morgan fingerprint density at radius 1 is 1.35 bits per heavy atom. The van der Waals surface area contributed by atoms with E-state index in [2.05, 4.69) is 4.99 Å². The van der Waals surface area contributed by atoms with Gasteiger partial charge in [0.1, 0.15) is 5.75 Å². The molecule has 1 heterocycles. The van der Waals surface area contributed by atoms with Gasteiger partial charge in [0, 0.05) is 6.20 Å². The third kappa shape index (κ3) is 3.06. The van der Waals surface area contributed by atoms with Crippen LogP contribution in [0, 0.1) is 6.92 Å². The van der Waals surface area contributed by atoms with E-state index in [0.717, 1.165) is 10.3 Å². The maximum absolute atomic E-state index is 12.2. The van der Waals surface area contributed by atoms with Crippen molar-refractivity contribution in [2.45, 2.75) is 13.8 Å². The monoisotopic (exact) mass is 272 g/mol. The van der Waals surface area contributed by atoms with E-state index in [1.54, 1.807) is 30.3 Å². The Labute approximate surface area is 116 Å². The Morgan fingerprint density at radius 3 is 2.85 bits per heavy atom. The fraction of sp³-hybridized carbons (Fsp3) is 0.200. The van der Waals surface area contributed by atoms with Crippen molar-refractivity contribution in [2.75, 3.05) is 6.61 Å². The molecule has 0 saturated heterocycles. The lowest BCUT2D eigenvalue weighted by Gasteiger charge is -2.08. The van der Waals surface area contributed by atoms with E-state index in [1.807, 2.05) is 19.9 Å². The maximum atomic E-state index is 12.2. The summed E-state index contributed by atoms with van der Waals surface area (Å²) in [5.74, 6) is 0.0455. The van der Waals surface area contributed by atoms with Crippen LogP contribution in [0.1, 0.15) is 22.8 Å². The van der Waals surface area contributed by atoms with E-state index in [1.165, 1.54) is 6.20 Å². The molecular formula is C15H16N2O3. The van der Waals surface area contributed by atoms with Crippen molar-refractivity contribution in [3.05, 3.63) is 59.2 Å². The minimum atomic E-state index is -0.456. The van der Waals surface area contributed by atoms with Gasteiger partial charge < -0.3 is 9.94 Å². The Morgan fingerprint density at radius 2 is 2.15 bits per heavy atom. The second-order valence-electron chi connectivity index (χ2n) is 4.25. The zero-order chi connectivity index (χ0) is 14.5. The molecule has 0 atom stereocenters. The summed E-state index contributed by atoms with van der Waals surface area (Å²) in [5.41, 5.74) is 1.55. The number of hydrogen-bond acceptors (Lipinski definition) is 3. The molecule has 2 aromatic rings. The van der Waals surface area contributed by atoms with Crippen LogP contribution in [0.25, 0.3) is 0 Å². The van der Waals surface area contributed by atoms with Crippen molar-refractivity contribution in [1.29, 1.82) is 0 Å². The van der Waals surface area contributed by atoms with Gasteiger partial charge >= 0.3 is 0 Å². The number of carbonyl (C=O) groups excluding carboxylic acids is 1. The number of nitrogens with zero attached hydrogens (tertiary/aromatic N) is 2. The fourth-order valence-corrected chi connectivity index (χ4v) is 1.76. The number of hydrogen-bond donors (Lipinski definition) is 1. The van der Waals surface area contributed by atoms with E-state index < -0.39 is 5.91 Å². The van der Waals surface area contributed by atoms with Crippen molar-refractivity contribution in [1.82, 2.24) is 4.73 Å². The predicted octanol–water partition coefficient (Wildman–Crippen LogP) is 2.17. The molecule has 0 spiro atoms. The molecule has 2 rings (SSSR count). The molecule has 0 radical (unpaired) electrons. The van der Waals surface area contributed by atoms with Crippen molar-refractivity contribution < 1.29 is 14.7 Å². The summed E-state index contributed by atoms with van der Waals surface area (Å²) in [4.78, 5) is 16.1. The fourth-order valence-electron chi connectivity index (χ4n) is 1.76. The first-order chi connectivity index (χ1) is 9.61. The highest BCUT2D eigenvalue weighted by atomic mass is 16.5. The number of rotatable bonds is 3. The molecule has 5 nitrogen and oxygen atoms in total. The van der Waals surface area contributed by atoms with Crippen molar-refractivity contribution >= 4 is 5.91 Å². The van der Waals surface area contributed by atoms with Crippen LogP contribution in [0.3, 0.4) is 0 Å². The topological polar surface area (TPSA) is 63.8 Å². The van der Waals surface area contributed by atoms with Crippen LogP contribution in [-0.4, -0.2) is 22.5 Å². The van der Waals surface area contributed by atoms with Crippen molar-refractivity contribution in [3.8, 4) is 5.75 Å². The van der Waals surface area contributed by atoms with Crippen molar-refractivity contribution in [2.24, 2.45) is 4.99 Å². The van der Waals surface area contributed by atoms with Crippen LogP contribution in [0.4, 0.5) is 0 Å². The lowest BCUT2D eigenvalue weighted by molar-refractivity contribution is 0.0984. The first-order valence-corrected chi connectivity index (χ1v) is 6.31. The number of amides is 1. The smallest absolute Gasteiger partial charge is 0.282 e. The first-order valence-electron chi connectivity index (χ1n) is 6.31. The van der Waals surface area contributed by atoms with Crippen molar-refractivity contribution in [3.63, 3.8) is 0 Å². The summed E-state index contributed by atoms with van der Waals surface area (Å²) in [6, 6.07) is 10.2. The SMILES string of the molecule is CCOc1cc(C)ccc1C(=O)N=c1ccccn1O. The number of pyridine rings is 1. The minimum absolute atomic E-state index is 0.167. The Balaban J connectivity index is 2.44. The molecule has 1 aromatic carbocycles. The average molecular weight is 272 g/mol. The molecular weight excluding hydrogens is 256 g/mol. The van der Waals surface area contributed by atoms with Crippen LogP contribution >= 0.6 is 0 Å². The standard InChI is InChI=1S/C15H16N2O3/c1-3-20-13-10-11(2)7-8-12(13)15(18)16-14-6-4-5-9-17(14)19/h4-10,19H,3H2,1-2H3. The average Bonchev–Trinajstić information content (AvgIpc) is 2.42. The quantitative estimate of drug-likeness (QED) is 0.871. The number of aromatic nitrogens is 1. The van der Waals surface area contributed by atoms with E-state index in [-0.39, 0.29) is 5.49 Å². The molecule has 20 heavy (non-hydrogen) atoms. The maximum Gasteiger partial charge on any atom is 0.282 e. The lowest BCUT2D eigenvalue weighted by Crippen LogP contribution is -2.19. The van der Waals surface area contributed by atoms with Gasteiger partial charge in [-0.3, -0.25) is 4.79 Å². The molecule has 0 aliphatic rings. The summed E-state index contributed by atoms with van der Waals surface area (Å²) in [7, 11) is 0. The van der Waals surface area contributed by atoms with Gasteiger partial charge in [-0.2, -0.15) is 9.72 Å². The van der Waals surface area contributed by atoms with E-state index >= 15 is 0 Å². The third-order valence-electron chi connectivity index (χ3n) is 2.70. The number of aryl methyl sites for hydroxylation is 1. The van der Waals surface area contributed by atoms with Crippen LogP contribution in [0.2, 0.25) is 0 Å². The second-order valence-corrected chi connectivity index (χ2v) is 4.25. The normalized spacial score (nSPS) is 11.4. The lowest BCUT2D eigenvalue weighted by atomic mass is 10.1. The first kappa shape index (κ1) is 13.9. The largest absolute Gasteiger partial charge is 0.493 e. The summed E-state index contributed by atoms with van der Waals surface area (Å²) in [6.45, 7) is 4.24. The van der Waals surface area contributed by atoms with Gasteiger partial charge in [-0.15, -0.1) is 0 Å². The Bertz CT molecular complexity index is 690. The molecule has 0 aliphatic heterocycles. The zero-order valence-electron chi connectivity index (χ0n) is 11.4. The molecule has 0 aliphatic carbocycles. The van der Waals surface area contributed by atoms with Crippen LogP contribution in [-0.2, 0) is 0 Å². The molecule has 1 amide bonds. The van der Waals surface area contributed by atoms with Gasteiger partial charge in [0.25, 0.3) is 5.91 Å². The molecule has 1 N–H and O–H groups in total. The number of ether oxygens (including phenoxy) is 1. The molecule has 1 aromatic heterocycles. The Hall–Kier alpha value is -2.56. The number of carbonyl (C=O) groups is 1. The summed E-state index contributed by atoms with van der Waals surface area (Å²) in [6.07, 6.45) is 1.41. The van der Waals surface area contributed by atoms with Crippen LogP contribution < -0.4 is 10.2 Å². The van der Waals surface area contributed by atoms with Gasteiger partial charge in [0.15, 0.2) is 5.49 Å². The zero-order valence-corrected chi connectivity index (χ0v) is 11.4. The summed E-state index contributed by atoms with van der Waals surface area (Å²) >= 11 is 0. The molecule has 0 saturated carbocycles. The molecule has 0 fully saturated rings. The third-order valence-corrected chi connectivity index (χ3v) is 2.70. The molecule has 0 unspecified atom stereocenters. The van der Waals surface area contributed by atoms with E-state index in [9.17, 15) is 10.0 Å². The molecule has 5 heteroatoms. The molecule has 0 bridgehead atoms. The predicted molar refractivity (Wildman–Crippen MR) is 73.9 cm³/mol. The Kier molecular flexibility index (Phi) is 4.20. The van der Waals surface area contributed by atoms with Gasteiger partial charge in [-0.05, 0) is 43.7 Å². The highest BCUT2D eigenvalue weighted by Crippen LogP contribution is 2.21. The highest BCUT2D eigenvalue weighted by Gasteiger charge is 2.12. The van der Waals surface area contributed by atoms with Gasteiger partial charge in [-0.25, -0.2) is 0 Å².